The van der Waals surface area contributed by atoms with Crippen LogP contribution in [0.4, 0.5) is 0 Å². The standard InChI is InChI=1S/C11H12OS2/c12-10(8-11-13-6-7-14-11)9-4-2-1-3-5-9/h1-5,11H,6-8H2. The largest absolute Gasteiger partial charge is 0.294 e. The molecule has 0 amide bonds. The lowest BCUT2D eigenvalue weighted by Crippen LogP contribution is -2.05. The Morgan fingerprint density at radius 2 is 1.86 bits per heavy atom. The molecule has 0 saturated carbocycles. The van der Waals surface area contributed by atoms with Gasteiger partial charge in [-0.05, 0) is 0 Å². The Kier molecular flexibility index (Phi) is 3.54. The second kappa shape index (κ2) is 4.89. The Balaban J connectivity index is 1.95. The second-order valence-corrected chi connectivity index (χ2v) is 6.08. The fourth-order valence-electron chi connectivity index (χ4n) is 1.42. The molecule has 0 radical (unpaired) electrons. The van der Waals surface area contributed by atoms with Gasteiger partial charge in [0.25, 0.3) is 0 Å². The van der Waals surface area contributed by atoms with E-state index < -0.39 is 0 Å². The van der Waals surface area contributed by atoms with Crippen molar-refractivity contribution in [1.29, 1.82) is 0 Å². The van der Waals surface area contributed by atoms with Gasteiger partial charge in [-0.1, -0.05) is 30.3 Å². The van der Waals surface area contributed by atoms with Crippen molar-refractivity contribution in [2.45, 2.75) is 11.0 Å². The van der Waals surface area contributed by atoms with Crippen molar-refractivity contribution < 1.29 is 4.79 Å². The fraction of sp³-hybridized carbons (Fsp3) is 0.364. The average Bonchev–Trinajstić information content (AvgIpc) is 2.72. The van der Waals surface area contributed by atoms with Crippen molar-refractivity contribution in [3.05, 3.63) is 35.9 Å². The highest BCUT2D eigenvalue weighted by Gasteiger charge is 2.19. The number of hydrogen-bond acceptors (Lipinski definition) is 3. The molecule has 1 fully saturated rings. The Morgan fingerprint density at radius 3 is 2.50 bits per heavy atom. The van der Waals surface area contributed by atoms with Crippen LogP contribution in [0.5, 0.6) is 0 Å². The molecule has 0 N–H and O–H groups in total. The molecule has 0 unspecified atom stereocenters. The lowest BCUT2D eigenvalue weighted by Gasteiger charge is -2.06. The van der Waals surface area contributed by atoms with E-state index in [-0.39, 0.29) is 5.78 Å². The van der Waals surface area contributed by atoms with Crippen molar-refractivity contribution in [3.63, 3.8) is 0 Å². The van der Waals surface area contributed by atoms with Crippen LogP contribution in [-0.2, 0) is 0 Å². The molecule has 1 heterocycles. The average molecular weight is 224 g/mol. The third-order valence-electron chi connectivity index (χ3n) is 2.14. The molecule has 0 aliphatic carbocycles. The van der Waals surface area contributed by atoms with Crippen LogP contribution in [0, 0.1) is 0 Å². The van der Waals surface area contributed by atoms with Crippen LogP contribution >= 0.6 is 23.5 Å². The first kappa shape index (κ1) is 10.1. The lowest BCUT2D eigenvalue weighted by atomic mass is 10.1. The summed E-state index contributed by atoms with van der Waals surface area (Å²) in [5, 5.41) is 0. The third-order valence-corrected chi connectivity index (χ3v) is 5.17. The topological polar surface area (TPSA) is 17.1 Å². The molecule has 1 saturated heterocycles. The molecule has 14 heavy (non-hydrogen) atoms. The number of hydrogen-bond donors (Lipinski definition) is 0. The van der Waals surface area contributed by atoms with Gasteiger partial charge >= 0.3 is 0 Å². The third kappa shape index (κ3) is 2.55. The maximum Gasteiger partial charge on any atom is 0.164 e. The molecule has 1 aliphatic rings. The highest BCUT2D eigenvalue weighted by molar-refractivity contribution is 8.20. The van der Waals surface area contributed by atoms with Gasteiger partial charge in [-0.25, -0.2) is 0 Å². The van der Waals surface area contributed by atoms with Crippen LogP contribution in [0.25, 0.3) is 0 Å². The maximum absolute atomic E-state index is 11.8. The van der Waals surface area contributed by atoms with E-state index in [1.165, 1.54) is 11.5 Å². The van der Waals surface area contributed by atoms with Gasteiger partial charge in [0.1, 0.15) is 0 Å². The smallest absolute Gasteiger partial charge is 0.164 e. The van der Waals surface area contributed by atoms with Gasteiger partial charge in [-0.3, -0.25) is 4.79 Å². The van der Waals surface area contributed by atoms with E-state index >= 15 is 0 Å². The van der Waals surface area contributed by atoms with E-state index in [0.29, 0.717) is 11.0 Å². The summed E-state index contributed by atoms with van der Waals surface area (Å²) in [7, 11) is 0. The van der Waals surface area contributed by atoms with Crippen LogP contribution in [0.2, 0.25) is 0 Å². The monoisotopic (exact) mass is 224 g/mol. The van der Waals surface area contributed by atoms with E-state index in [4.69, 9.17) is 0 Å². The molecular formula is C11H12OS2. The van der Waals surface area contributed by atoms with Crippen molar-refractivity contribution >= 4 is 29.3 Å². The van der Waals surface area contributed by atoms with Gasteiger partial charge < -0.3 is 0 Å². The van der Waals surface area contributed by atoms with Gasteiger partial charge in [-0.2, -0.15) is 0 Å². The molecule has 0 spiro atoms. The molecular weight excluding hydrogens is 212 g/mol. The van der Waals surface area contributed by atoms with Crippen molar-refractivity contribution in [2.24, 2.45) is 0 Å². The zero-order chi connectivity index (χ0) is 9.80. The Labute approximate surface area is 92.7 Å². The molecule has 1 aromatic rings. The zero-order valence-electron chi connectivity index (χ0n) is 7.81. The van der Waals surface area contributed by atoms with Gasteiger partial charge in [0, 0.05) is 23.5 Å². The summed E-state index contributed by atoms with van der Waals surface area (Å²) in [5.41, 5.74) is 0.848. The summed E-state index contributed by atoms with van der Waals surface area (Å²) in [6.07, 6.45) is 0.680. The minimum atomic E-state index is 0.275. The Hall–Kier alpha value is -0.410. The van der Waals surface area contributed by atoms with Crippen LogP contribution in [0.3, 0.4) is 0 Å². The summed E-state index contributed by atoms with van der Waals surface area (Å²) in [6, 6.07) is 9.57. The highest BCUT2D eigenvalue weighted by Crippen LogP contribution is 2.34. The molecule has 0 aromatic heterocycles. The molecule has 1 aromatic carbocycles. The molecule has 1 aliphatic heterocycles. The summed E-state index contributed by atoms with van der Waals surface area (Å²) < 4.78 is 0.489. The van der Waals surface area contributed by atoms with Crippen LogP contribution in [0.1, 0.15) is 16.8 Å². The zero-order valence-corrected chi connectivity index (χ0v) is 9.44. The molecule has 74 valence electrons. The summed E-state index contributed by atoms with van der Waals surface area (Å²) in [6.45, 7) is 0. The Morgan fingerprint density at radius 1 is 1.21 bits per heavy atom. The van der Waals surface area contributed by atoms with Gasteiger partial charge in [0.05, 0.1) is 4.58 Å². The molecule has 3 heteroatoms. The van der Waals surface area contributed by atoms with Crippen molar-refractivity contribution in [1.82, 2.24) is 0 Å². The number of Topliss-reactive ketones (excluding diaryl/α,β-unsaturated/α-hetero) is 1. The highest BCUT2D eigenvalue weighted by atomic mass is 32.2. The molecule has 2 rings (SSSR count). The molecule has 0 bridgehead atoms. The number of ketones is 1. The van der Waals surface area contributed by atoms with Crippen LogP contribution in [-0.4, -0.2) is 21.9 Å². The second-order valence-electron chi connectivity index (χ2n) is 3.16. The minimum absolute atomic E-state index is 0.275. The van der Waals surface area contributed by atoms with Crippen molar-refractivity contribution in [2.75, 3.05) is 11.5 Å². The number of carbonyl (C=O) groups excluding carboxylic acids is 1. The number of carbonyl (C=O) groups is 1. The van der Waals surface area contributed by atoms with Gasteiger partial charge in [-0.15, -0.1) is 23.5 Å². The van der Waals surface area contributed by atoms with Crippen LogP contribution < -0.4 is 0 Å². The van der Waals surface area contributed by atoms with E-state index in [1.54, 1.807) is 0 Å². The summed E-state index contributed by atoms with van der Waals surface area (Å²) in [4.78, 5) is 11.8. The predicted molar refractivity (Wildman–Crippen MR) is 64.1 cm³/mol. The van der Waals surface area contributed by atoms with E-state index in [0.717, 1.165) is 5.56 Å². The summed E-state index contributed by atoms with van der Waals surface area (Å²) >= 11 is 3.81. The Bertz CT molecular complexity index is 304. The molecule has 1 nitrogen and oxygen atoms in total. The van der Waals surface area contributed by atoms with Crippen LogP contribution in [0.15, 0.2) is 30.3 Å². The first-order chi connectivity index (χ1) is 6.86. The van der Waals surface area contributed by atoms with Gasteiger partial charge in [0.15, 0.2) is 5.78 Å². The minimum Gasteiger partial charge on any atom is -0.294 e. The quantitative estimate of drug-likeness (QED) is 0.735. The fourth-order valence-corrected chi connectivity index (χ4v) is 4.21. The maximum atomic E-state index is 11.8. The number of rotatable bonds is 3. The normalized spacial score (nSPS) is 17.1. The predicted octanol–water partition coefficient (Wildman–Crippen LogP) is 3.07. The van der Waals surface area contributed by atoms with Crippen molar-refractivity contribution in [3.8, 4) is 0 Å². The van der Waals surface area contributed by atoms with E-state index in [9.17, 15) is 4.79 Å². The van der Waals surface area contributed by atoms with E-state index in [2.05, 4.69) is 0 Å². The number of thioether (sulfide) groups is 2. The first-order valence-corrected chi connectivity index (χ1v) is 6.77. The summed E-state index contributed by atoms with van der Waals surface area (Å²) in [5.74, 6) is 2.66. The molecule has 0 atom stereocenters. The lowest BCUT2D eigenvalue weighted by molar-refractivity contribution is 0.0987. The first-order valence-electron chi connectivity index (χ1n) is 4.68. The van der Waals surface area contributed by atoms with Gasteiger partial charge in [0.2, 0.25) is 0 Å². The van der Waals surface area contributed by atoms with E-state index in [1.807, 2.05) is 53.9 Å². The SMILES string of the molecule is O=C(CC1SCCS1)c1ccccc1. The number of benzene rings is 1.